The molecule has 1 aliphatic heterocycles. The van der Waals surface area contributed by atoms with Gasteiger partial charge in [0.2, 0.25) is 5.91 Å². The molecule has 0 saturated heterocycles. The Morgan fingerprint density at radius 3 is 2.20 bits per heavy atom. The second-order valence-electron chi connectivity index (χ2n) is 6.28. The predicted molar refractivity (Wildman–Crippen MR) is 95.9 cm³/mol. The molecule has 3 amide bonds. The van der Waals surface area contributed by atoms with E-state index < -0.39 is 0 Å². The van der Waals surface area contributed by atoms with Gasteiger partial charge >= 0.3 is 0 Å². The fraction of sp³-hybridized carbons (Fsp3) is 0.211. The first kappa shape index (κ1) is 16.9. The van der Waals surface area contributed by atoms with E-state index in [4.69, 9.17) is 0 Å². The molecular formula is C19H19N3O3. The van der Waals surface area contributed by atoms with Crippen molar-refractivity contribution in [3.8, 4) is 0 Å². The highest BCUT2D eigenvalue weighted by Crippen LogP contribution is 2.32. The van der Waals surface area contributed by atoms with Crippen LogP contribution in [0.25, 0.3) is 0 Å². The zero-order chi connectivity index (χ0) is 18.1. The molecule has 0 aliphatic carbocycles. The van der Waals surface area contributed by atoms with Gasteiger partial charge in [-0.15, -0.1) is 0 Å². The van der Waals surface area contributed by atoms with Crippen LogP contribution in [0.4, 0.5) is 11.4 Å². The van der Waals surface area contributed by atoms with Gasteiger partial charge in [0.1, 0.15) is 0 Å². The fourth-order valence-corrected chi connectivity index (χ4v) is 2.82. The van der Waals surface area contributed by atoms with Crippen LogP contribution >= 0.6 is 0 Å². The van der Waals surface area contributed by atoms with Gasteiger partial charge in [-0.2, -0.15) is 0 Å². The lowest BCUT2D eigenvalue weighted by atomic mass is 10.1. The molecule has 0 radical (unpaired) electrons. The number of rotatable bonds is 4. The second kappa shape index (κ2) is 6.49. The molecule has 1 heterocycles. The quantitative estimate of drug-likeness (QED) is 0.869. The number of nitrogens with one attached hydrogen (secondary N) is 1. The third kappa shape index (κ3) is 3.16. The minimum absolute atomic E-state index is 0.165. The van der Waals surface area contributed by atoms with E-state index >= 15 is 0 Å². The van der Waals surface area contributed by atoms with Gasteiger partial charge in [-0.1, -0.05) is 18.2 Å². The number of imide groups is 1. The van der Waals surface area contributed by atoms with Crippen molar-refractivity contribution in [1.29, 1.82) is 0 Å². The van der Waals surface area contributed by atoms with Crippen LogP contribution in [0.5, 0.6) is 0 Å². The van der Waals surface area contributed by atoms with Crippen molar-refractivity contribution in [2.45, 2.75) is 6.92 Å². The number of carbonyl (C=O) groups excluding carboxylic acids is 3. The minimum Gasteiger partial charge on any atom is -0.325 e. The van der Waals surface area contributed by atoms with Gasteiger partial charge in [-0.3, -0.25) is 14.4 Å². The Morgan fingerprint density at radius 2 is 1.64 bits per heavy atom. The highest BCUT2D eigenvalue weighted by Gasteiger charge is 2.37. The molecule has 6 nitrogen and oxygen atoms in total. The summed E-state index contributed by atoms with van der Waals surface area (Å²) in [5.41, 5.74) is 2.60. The monoisotopic (exact) mass is 337 g/mol. The summed E-state index contributed by atoms with van der Waals surface area (Å²) in [5.74, 6) is -0.858. The van der Waals surface area contributed by atoms with Crippen LogP contribution in [0.2, 0.25) is 0 Å². The Kier molecular flexibility index (Phi) is 4.37. The molecule has 2 aromatic carbocycles. The van der Waals surface area contributed by atoms with Crippen molar-refractivity contribution in [2.75, 3.05) is 30.9 Å². The number of carbonyl (C=O) groups is 3. The van der Waals surface area contributed by atoms with E-state index in [0.29, 0.717) is 22.5 Å². The molecule has 0 unspecified atom stereocenters. The smallest absolute Gasteiger partial charge is 0.266 e. The molecule has 0 fully saturated rings. The zero-order valence-electron chi connectivity index (χ0n) is 14.4. The number of aryl methyl sites for hydroxylation is 1. The normalized spacial score (nSPS) is 13.4. The van der Waals surface area contributed by atoms with E-state index in [1.165, 1.54) is 4.90 Å². The maximum absolute atomic E-state index is 12.6. The van der Waals surface area contributed by atoms with Crippen molar-refractivity contribution in [1.82, 2.24) is 4.90 Å². The number of nitrogens with zero attached hydrogens (tertiary/aromatic N) is 2. The van der Waals surface area contributed by atoms with Crippen LogP contribution in [-0.2, 0) is 4.79 Å². The fourth-order valence-electron chi connectivity index (χ4n) is 2.82. The average Bonchev–Trinajstić information content (AvgIpc) is 2.81. The molecule has 1 aliphatic rings. The Bertz CT molecular complexity index is 839. The molecule has 0 spiro atoms. The minimum atomic E-state index is -0.347. The van der Waals surface area contributed by atoms with Crippen molar-refractivity contribution < 1.29 is 14.4 Å². The van der Waals surface area contributed by atoms with Crippen LogP contribution in [0.1, 0.15) is 26.3 Å². The Hall–Kier alpha value is -2.99. The van der Waals surface area contributed by atoms with E-state index in [1.54, 1.807) is 61.5 Å². The van der Waals surface area contributed by atoms with Crippen LogP contribution in [-0.4, -0.2) is 43.3 Å². The van der Waals surface area contributed by atoms with E-state index in [0.717, 1.165) is 5.56 Å². The number of benzene rings is 2. The number of hydrogen-bond acceptors (Lipinski definition) is 4. The molecule has 0 bridgehead atoms. The molecule has 0 aromatic heterocycles. The standard InChI is InChI=1S/C19H19N3O3/c1-12-8-9-13(20-17(23)11-21(2)3)10-16(12)22-18(24)14-6-4-5-7-15(14)19(22)25/h4-10H,11H2,1-3H3,(H,20,23). The lowest BCUT2D eigenvalue weighted by Crippen LogP contribution is -2.30. The Balaban J connectivity index is 1.93. The van der Waals surface area contributed by atoms with Crippen LogP contribution < -0.4 is 10.2 Å². The van der Waals surface area contributed by atoms with E-state index in [2.05, 4.69) is 5.32 Å². The summed E-state index contributed by atoms with van der Waals surface area (Å²) < 4.78 is 0. The van der Waals surface area contributed by atoms with Crippen molar-refractivity contribution in [3.05, 3.63) is 59.2 Å². The van der Waals surface area contributed by atoms with Gasteiger partial charge in [-0.25, -0.2) is 4.90 Å². The van der Waals surface area contributed by atoms with Crippen LogP contribution in [0, 0.1) is 6.92 Å². The Morgan fingerprint density at radius 1 is 1.04 bits per heavy atom. The lowest BCUT2D eigenvalue weighted by Gasteiger charge is -2.18. The van der Waals surface area contributed by atoms with E-state index in [-0.39, 0.29) is 24.3 Å². The van der Waals surface area contributed by atoms with E-state index in [9.17, 15) is 14.4 Å². The predicted octanol–water partition coefficient (Wildman–Crippen LogP) is 2.30. The second-order valence-corrected chi connectivity index (χ2v) is 6.28. The summed E-state index contributed by atoms with van der Waals surface area (Å²) in [5, 5.41) is 2.79. The van der Waals surface area contributed by atoms with Gasteiger partial charge in [0.15, 0.2) is 0 Å². The largest absolute Gasteiger partial charge is 0.325 e. The molecule has 2 aromatic rings. The van der Waals surface area contributed by atoms with Crippen molar-refractivity contribution >= 4 is 29.1 Å². The van der Waals surface area contributed by atoms with Gasteiger partial charge < -0.3 is 10.2 Å². The topological polar surface area (TPSA) is 69.7 Å². The summed E-state index contributed by atoms with van der Waals surface area (Å²) in [7, 11) is 3.61. The average molecular weight is 337 g/mol. The first-order chi connectivity index (χ1) is 11.9. The number of hydrogen-bond donors (Lipinski definition) is 1. The van der Waals surface area contributed by atoms with E-state index in [1.807, 2.05) is 6.92 Å². The highest BCUT2D eigenvalue weighted by atomic mass is 16.2. The number of anilines is 2. The molecule has 0 saturated carbocycles. The van der Waals surface area contributed by atoms with Crippen molar-refractivity contribution in [3.63, 3.8) is 0 Å². The van der Waals surface area contributed by atoms with Gasteiger partial charge in [-0.05, 0) is 50.8 Å². The maximum atomic E-state index is 12.6. The summed E-state index contributed by atoms with van der Waals surface area (Å²) in [6.07, 6.45) is 0. The van der Waals surface area contributed by atoms with Crippen molar-refractivity contribution in [2.24, 2.45) is 0 Å². The molecule has 1 N–H and O–H groups in total. The molecule has 128 valence electrons. The lowest BCUT2D eigenvalue weighted by molar-refractivity contribution is -0.116. The van der Waals surface area contributed by atoms with Gasteiger partial charge in [0.25, 0.3) is 11.8 Å². The summed E-state index contributed by atoms with van der Waals surface area (Å²) >= 11 is 0. The summed E-state index contributed by atoms with van der Waals surface area (Å²) in [6.45, 7) is 2.07. The third-order valence-electron chi connectivity index (χ3n) is 3.99. The van der Waals surface area contributed by atoms with Gasteiger partial charge in [0.05, 0.1) is 23.4 Å². The number of amides is 3. The highest BCUT2D eigenvalue weighted by molar-refractivity contribution is 6.34. The maximum Gasteiger partial charge on any atom is 0.266 e. The molecule has 25 heavy (non-hydrogen) atoms. The molecule has 6 heteroatoms. The van der Waals surface area contributed by atoms with Crippen LogP contribution in [0.3, 0.4) is 0 Å². The summed E-state index contributed by atoms with van der Waals surface area (Å²) in [6, 6.07) is 12.0. The van der Waals surface area contributed by atoms with Gasteiger partial charge in [0, 0.05) is 5.69 Å². The first-order valence-corrected chi connectivity index (χ1v) is 7.91. The molecule has 3 rings (SSSR count). The Labute approximate surface area is 146 Å². The molecule has 0 atom stereocenters. The number of fused-ring (bicyclic) bond motifs is 1. The zero-order valence-corrected chi connectivity index (χ0v) is 14.4. The summed E-state index contributed by atoms with van der Waals surface area (Å²) in [4.78, 5) is 40.2. The SMILES string of the molecule is Cc1ccc(NC(=O)CN(C)C)cc1N1C(=O)c2ccccc2C1=O. The van der Waals surface area contributed by atoms with Crippen LogP contribution in [0.15, 0.2) is 42.5 Å². The molecular weight excluding hydrogens is 318 g/mol. The first-order valence-electron chi connectivity index (χ1n) is 7.91. The third-order valence-corrected chi connectivity index (χ3v) is 3.99. The number of likely N-dealkylation sites (N-methyl/N-ethyl adjacent to an activating group) is 1.